The summed E-state index contributed by atoms with van der Waals surface area (Å²) < 4.78 is 5.42. The Kier molecular flexibility index (Phi) is 12.3. The van der Waals surface area contributed by atoms with Crippen molar-refractivity contribution in [1.82, 2.24) is 20.4 Å². The Balaban J connectivity index is 0.00000364. The SMILES string of the molecule is CCNC(=NCC(C)CN1CCOCC1)N1CCC(CC(=O)NC)CC1.I. The van der Waals surface area contributed by atoms with E-state index in [-0.39, 0.29) is 29.9 Å². The maximum atomic E-state index is 11.6. The number of hydrogen-bond donors (Lipinski definition) is 2. The second-order valence-corrected chi connectivity index (χ2v) is 7.52. The van der Waals surface area contributed by atoms with E-state index in [1.807, 2.05) is 0 Å². The summed E-state index contributed by atoms with van der Waals surface area (Å²) >= 11 is 0. The van der Waals surface area contributed by atoms with Crippen LogP contribution in [0, 0.1) is 11.8 Å². The monoisotopic (exact) mass is 495 g/mol. The molecule has 0 aromatic rings. The van der Waals surface area contributed by atoms with E-state index in [1.54, 1.807) is 7.05 Å². The fourth-order valence-electron chi connectivity index (χ4n) is 3.66. The van der Waals surface area contributed by atoms with Crippen molar-refractivity contribution in [3.63, 3.8) is 0 Å². The van der Waals surface area contributed by atoms with Gasteiger partial charge in [0.15, 0.2) is 5.96 Å². The third-order valence-corrected chi connectivity index (χ3v) is 5.23. The van der Waals surface area contributed by atoms with Crippen LogP contribution in [-0.4, -0.2) is 87.7 Å². The summed E-state index contributed by atoms with van der Waals surface area (Å²) in [7, 11) is 1.71. The molecule has 2 saturated heterocycles. The number of carbonyl (C=O) groups is 1. The highest BCUT2D eigenvalue weighted by atomic mass is 127. The third-order valence-electron chi connectivity index (χ3n) is 5.23. The molecule has 8 heteroatoms. The third kappa shape index (κ3) is 8.95. The number of ether oxygens (including phenoxy) is 1. The number of aliphatic imine (C=N–C) groups is 1. The molecule has 2 heterocycles. The quantitative estimate of drug-likeness (QED) is 0.318. The van der Waals surface area contributed by atoms with Gasteiger partial charge in [0.05, 0.1) is 13.2 Å². The van der Waals surface area contributed by atoms with E-state index in [4.69, 9.17) is 9.73 Å². The average Bonchev–Trinajstić information content (AvgIpc) is 2.66. The second kappa shape index (κ2) is 13.5. The lowest BCUT2D eigenvalue weighted by Gasteiger charge is -2.34. The lowest BCUT2D eigenvalue weighted by atomic mass is 9.93. The molecule has 27 heavy (non-hydrogen) atoms. The summed E-state index contributed by atoms with van der Waals surface area (Å²) in [5, 5.41) is 6.17. The van der Waals surface area contributed by atoms with Gasteiger partial charge in [-0.1, -0.05) is 6.92 Å². The van der Waals surface area contributed by atoms with Crippen LogP contribution in [0.15, 0.2) is 4.99 Å². The zero-order valence-electron chi connectivity index (χ0n) is 17.2. The fraction of sp³-hybridized carbons (Fsp3) is 0.895. The van der Waals surface area contributed by atoms with Gasteiger partial charge in [0, 0.05) is 59.3 Å². The summed E-state index contributed by atoms with van der Waals surface area (Å²) in [6, 6.07) is 0. The number of amides is 1. The number of nitrogens with zero attached hydrogens (tertiary/aromatic N) is 3. The molecule has 0 radical (unpaired) electrons. The second-order valence-electron chi connectivity index (χ2n) is 7.52. The molecule has 7 nitrogen and oxygen atoms in total. The smallest absolute Gasteiger partial charge is 0.220 e. The van der Waals surface area contributed by atoms with E-state index >= 15 is 0 Å². The average molecular weight is 495 g/mol. The lowest BCUT2D eigenvalue weighted by Crippen LogP contribution is -2.46. The number of carbonyl (C=O) groups excluding carboxylic acids is 1. The van der Waals surface area contributed by atoms with Crippen molar-refractivity contribution in [2.45, 2.75) is 33.1 Å². The molecule has 1 atom stereocenters. The first-order valence-corrected chi connectivity index (χ1v) is 10.2. The van der Waals surface area contributed by atoms with E-state index < -0.39 is 0 Å². The van der Waals surface area contributed by atoms with Gasteiger partial charge in [0.25, 0.3) is 0 Å². The molecule has 0 aromatic heterocycles. The number of nitrogens with one attached hydrogen (secondary N) is 2. The Labute approximate surface area is 181 Å². The summed E-state index contributed by atoms with van der Waals surface area (Å²) in [5.74, 6) is 2.21. The van der Waals surface area contributed by atoms with Gasteiger partial charge in [0.2, 0.25) is 5.91 Å². The molecule has 0 aliphatic carbocycles. The molecular weight excluding hydrogens is 457 g/mol. The molecule has 0 spiro atoms. The first kappa shape index (κ1) is 24.4. The van der Waals surface area contributed by atoms with Crippen molar-refractivity contribution in [2.24, 2.45) is 16.8 Å². The van der Waals surface area contributed by atoms with Crippen LogP contribution in [0.3, 0.4) is 0 Å². The maximum absolute atomic E-state index is 11.6. The minimum Gasteiger partial charge on any atom is -0.379 e. The summed E-state index contributed by atoms with van der Waals surface area (Å²) in [6.07, 6.45) is 2.76. The Morgan fingerprint density at radius 3 is 2.48 bits per heavy atom. The molecule has 0 bridgehead atoms. The van der Waals surface area contributed by atoms with E-state index in [1.165, 1.54) is 0 Å². The van der Waals surface area contributed by atoms with Crippen LogP contribution in [0.2, 0.25) is 0 Å². The van der Waals surface area contributed by atoms with Gasteiger partial charge in [-0.15, -0.1) is 24.0 Å². The summed E-state index contributed by atoms with van der Waals surface area (Å²) in [5.41, 5.74) is 0. The van der Waals surface area contributed by atoms with Crippen molar-refractivity contribution in [1.29, 1.82) is 0 Å². The van der Waals surface area contributed by atoms with Crippen molar-refractivity contribution in [3.05, 3.63) is 0 Å². The highest BCUT2D eigenvalue weighted by Crippen LogP contribution is 2.20. The van der Waals surface area contributed by atoms with Crippen LogP contribution in [0.4, 0.5) is 0 Å². The first-order chi connectivity index (χ1) is 12.6. The van der Waals surface area contributed by atoms with E-state index in [9.17, 15) is 4.79 Å². The summed E-state index contributed by atoms with van der Waals surface area (Å²) in [4.78, 5) is 21.3. The molecule has 2 aliphatic rings. The predicted molar refractivity (Wildman–Crippen MR) is 121 cm³/mol. The van der Waals surface area contributed by atoms with Crippen molar-refractivity contribution >= 4 is 35.8 Å². The van der Waals surface area contributed by atoms with Gasteiger partial charge in [-0.05, 0) is 31.6 Å². The topological polar surface area (TPSA) is 69.2 Å². The van der Waals surface area contributed by atoms with Gasteiger partial charge in [0.1, 0.15) is 0 Å². The standard InChI is InChI=1S/C19H37N5O2.HI/c1-4-21-19(22-14-16(2)15-23-9-11-26-12-10-23)24-7-5-17(6-8-24)13-18(25)20-3;/h16-17H,4-15H2,1-3H3,(H,20,25)(H,21,22);1H. The van der Waals surface area contributed by atoms with Crippen LogP contribution in [0.1, 0.15) is 33.1 Å². The van der Waals surface area contributed by atoms with Crippen molar-refractivity contribution in [2.75, 3.05) is 66.1 Å². The number of halogens is 1. The van der Waals surface area contributed by atoms with E-state index in [0.29, 0.717) is 18.3 Å². The first-order valence-electron chi connectivity index (χ1n) is 10.2. The number of guanidine groups is 1. The zero-order valence-corrected chi connectivity index (χ0v) is 19.5. The summed E-state index contributed by atoms with van der Waals surface area (Å²) in [6.45, 7) is 12.9. The van der Waals surface area contributed by atoms with Crippen molar-refractivity contribution < 1.29 is 9.53 Å². The molecule has 0 aromatic carbocycles. The highest BCUT2D eigenvalue weighted by molar-refractivity contribution is 14.0. The molecule has 2 N–H and O–H groups in total. The zero-order chi connectivity index (χ0) is 18.8. The van der Waals surface area contributed by atoms with Gasteiger partial charge in [-0.2, -0.15) is 0 Å². The van der Waals surface area contributed by atoms with Crippen LogP contribution < -0.4 is 10.6 Å². The Morgan fingerprint density at radius 1 is 1.22 bits per heavy atom. The Hall–Kier alpha value is -0.610. The molecule has 1 unspecified atom stereocenters. The van der Waals surface area contributed by atoms with Gasteiger partial charge >= 0.3 is 0 Å². The van der Waals surface area contributed by atoms with E-state index in [0.717, 1.165) is 77.8 Å². The number of morpholine rings is 1. The molecular formula is C19H38IN5O2. The highest BCUT2D eigenvalue weighted by Gasteiger charge is 2.23. The fourth-order valence-corrected chi connectivity index (χ4v) is 3.66. The minimum absolute atomic E-state index is 0. The molecule has 0 saturated carbocycles. The number of likely N-dealkylation sites (tertiary alicyclic amines) is 1. The lowest BCUT2D eigenvalue weighted by molar-refractivity contribution is -0.121. The number of rotatable bonds is 7. The van der Waals surface area contributed by atoms with E-state index in [2.05, 4.69) is 34.3 Å². The predicted octanol–water partition coefficient (Wildman–Crippen LogP) is 1.39. The van der Waals surface area contributed by atoms with Gasteiger partial charge < -0.3 is 20.3 Å². The molecule has 2 fully saturated rings. The van der Waals surface area contributed by atoms with Crippen LogP contribution in [0.25, 0.3) is 0 Å². The van der Waals surface area contributed by atoms with Gasteiger partial charge in [-0.3, -0.25) is 14.7 Å². The number of hydrogen-bond acceptors (Lipinski definition) is 4. The van der Waals surface area contributed by atoms with Crippen LogP contribution >= 0.6 is 24.0 Å². The van der Waals surface area contributed by atoms with Gasteiger partial charge in [-0.25, -0.2) is 0 Å². The van der Waals surface area contributed by atoms with Crippen molar-refractivity contribution in [3.8, 4) is 0 Å². The molecule has 158 valence electrons. The Morgan fingerprint density at radius 2 is 1.89 bits per heavy atom. The Bertz CT molecular complexity index is 449. The molecule has 2 aliphatic heterocycles. The maximum Gasteiger partial charge on any atom is 0.220 e. The normalized spacial score (nSPS) is 20.7. The van der Waals surface area contributed by atoms with Crippen LogP contribution in [0.5, 0.6) is 0 Å². The minimum atomic E-state index is 0. The molecule has 2 rings (SSSR count). The number of piperidine rings is 1. The largest absolute Gasteiger partial charge is 0.379 e. The van der Waals surface area contributed by atoms with Crippen LogP contribution in [-0.2, 0) is 9.53 Å². The molecule has 1 amide bonds.